The molecule has 92 valence electrons. The number of nitrogens with zero attached hydrogens (tertiary/aromatic N) is 1. The van der Waals surface area contributed by atoms with Gasteiger partial charge in [-0.3, -0.25) is 4.90 Å². The lowest BCUT2D eigenvalue weighted by molar-refractivity contribution is 0.239. The van der Waals surface area contributed by atoms with E-state index in [1.165, 1.54) is 37.8 Å². The van der Waals surface area contributed by atoms with E-state index < -0.39 is 0 Å². The van der Waals surface area contributed by atoms with E-state index >= 15 is 0 Å². The minimum Gasteiger partial charge on any atom is -0.311 e. The number of rotatable bonds is 4. The third kappa shape index (κ3) is 2.53. The minimum atomic E-state index is 0.797. The largest absolute Gasteiger partial charge is 0.311 e. The van der Waals surface area contributed by atoms with Crippen molar-refractivity contribution in [1.29, 1.82) is 0 Å². The summed E-state index contributed by atoms with van der Waals surface area (Å²) in [6, 6.07) is 12.4. The molecule has 0 unspecified atom stereocenters. The van der Waals surface area contributed by atoms with Gasteiger partial charge in [0.1, 0.15) is 0 Å². The van der Waals surface area contributed by atoms with Gasteiger partial charge in [-0.25, -0.2) is 0 Å². The molecule has 2 heterocycles. The van der Waals surface area contributed by atoms with E-state index in [0.717, 1.165) is 25.2 Å². The van der Waals surface area contributed by atoms with Crippen molar-refractivity contribution in [2.24, 2.45) is 0 Å². The molecule has 2 nitrogen and oxygen atoms in total. The number of fused-ring (bicyclic) bond motifs is 1. The first kappa shape index (κ1) is 11.2. The lowest BCUT2D eigenvalue weighted by atomic mass is 10.1. The van der Waals surface area contributed by atoms with Crippen LogP contribution in [-0.4, -0.2) is 30.1 Å². The van der Waals surface area contributed by atoms with Crippen molar-refractivity contribution in [3.05, 3.63) is 35.9 Å². The predicted octanol–water partition coefficient (Wildman–Crippen LogP) is 2.40. The van der Waals surface area contributed by atoms with E-state index in [1.54, 1.807) is 0 Å². The zero-order valence-corrected chi connectivity index (χ0v) is 10.4. The first-order chi connectivity index (χ1) is 8.43. The fraction of sp³-hybridized carbons (Fsp3) is 0.600. The summed E-state index contributed by atoms with van der Waals surface area (Å²) in [4.78, 5) is 2.73. The summed E-state index contributed by atoms with van der Waals surface area (Å²) in [6.45, 7) is 3.50. The third-order valence-electron chi connectivity index (χ3n) is 4.28. The Morgan fingerprint density at radius 2 is 2.00 bits per heavy atom. The molecule has 0 aliphatic carbocycles. The van der Waals surface area contributed by atoms with Gasteiger partial charge in [0.25, 0.3) is 0 Å². The van der Waals surface area contributed by atoms with E-state index in [1.807, 2.05) is 0 Å². The van der Waals surface area contributed by atoms with Crippen molar-refractivity contribution in [1.82, 2.24) is 10.2 Å². The van der Waals surface area contributed by atoms with Crippen LogP contribution in [0.5, 0.6) is 0 Å². The zero-order valence-electron chi connectivity index (χ0n) is 10.4. The highest BCUT2D eigenvalue weighted by atomic mass is 15.2. The van der Waals surface area contributed by atoms with Gasteiger partial charge in [0, 0.05) is 25.2 Å². The molecule has 1 N–H and O–H groups in total. The van der Waals surface area contributed by atoms with Crippen molar-refractivity contribution < 1.29 is 0 Å². The van der Waals surface area contributed by atoms with Crippen LogP contribution < -0.4 is 5.32 Å². The van der Waals surface area contributed by atoms with Crippen LogP contribution in [0.4, 0.5) is 0 Å². The monoisotopic (exact) mass is 230 g/mol. The van der Waals surface area contributed by atoms with Gasteiger partial charge in [0.05, 0.1) is 0 Å². The second-order valence-corrected chi connectivity index (χ2v) is 5.38. The molecule has 2 fully saturated rings. The van der Waals surface area contributed by atoms with Gasteiger partial charge in [-0.2, -0.15) is 0 Å². The van der Waals surface area contributed by atoms with Gasteiger partial charge in [-0.1, -0.05) is 30.3 Å². The Morgan fingerprint density at radius 1 is 1.12 bits per heavy atom. The zero-order chi connectivity index (χ0) is 11.5. The molecular formula is C15H22N2. The lowest BCUT2D eigenvalue weighted by Gasteiger charge is -2.24. The number of benzene rings is 1. The van der Waals surface area contributed by atoms with Gasteiger partial charge >= 0.3 is 0 Å². The highest BCUT2D eigenvalue weighted by molar-refractivity contribution is 5.14. The molecule has 0 radical (unpaired) electrons. The Bertz CT molecular complexity index is 349. The maximum atomic E-state index is 3.61. The Hall–Kier alpha value is -0.860. The molecule has 2 atom stereocenters. The maximum absolute atomic E-state index is 3.61. The van der Waals surface area contributed by atoms with Crippen LogP contribution in [0.3, 0.4) is 0 Å². The molecule has 0 amide bonds. The molecule has 0 aromatic heterocycles. The fourth-order valence-corrected chi connectivity index (χ4v) is 3.40. The summed E-state index contributed by atoms with van der Waals surface area (Å²) in [5, 5.41) is 3.61. The van der Waals surface area contributed by atoms with E-state index in [9.17, 15) is 0 Å². The minimum absolute atomic E-state index is 0.797. The Morgan fingerprint density at radius 3 is 2.88 bits per heavy atom. The Balaban J connectivity index is 1.46. The molecule has 0 spiro atoms. The Kier molecular flexibility index (Phi) is 3.44. The second kappa shape index (κ2) is 5.19. The van der Waals surface area contributed by atoms with E-state index in [2.05, 4.69) is 40.5 Å². The van der Waals surface area contributed by atoms with Crippen molar-refractivity contribution in [3.63, 3.8) is 0 Å². The number of nitrogens with one attached hydrogen (secondary N) is 1. The molecule has 1 aromatic carbocycles. The Labute approximate surface area is 104 Å². The summed E-state index contributed by atoms with van der Waals surface area (Å²) in [7, 11) is 0. The molecule has 0 saturated carbocycles. The average molecular weight is 230 g/mol. The molecule has 2 aliphatic rings. The summed E-state index contributed by atoms with van der Waals surface area (Å²) in [5.41, 5.74) is 1.39. The molecule has 2 heteroatoms. The van der Waals surface area contributed by atoms with Crippen LogP contribution in [0.25, 0.3) is 0 Å². The molecule has 17 heavy (non-hydrogen) atoms. The van der Waals surface area contributed by atoms with Gasteiger partial charge in [-0.05, 0) is 37.8 Å². The second-order valence-electron chi connectivity index (χ2n) is 5.38. The first-order valence-electron chi connectivity index (χ1n) is 6.94. The smallest absolute Gasteiger partial charge is 0.0224 e. The van der Waals surface area contributed by atoms with Crippen molar-refractivity contribution in [3.8, 4) is 0 Å². The average Bonchev–Trinajstić information content (AvgIpc) is 2.95. The SMILES string of the molecule is c1ccc(CNC[C@H]2CC[C@@H]3CCCN32)cc1. The van der Waals surface area contributed by atoms with Crippen LogP contribution in [0.15, 0.2) is 30.3 Å². The van der Waals surface area contributed by atoms with Gasteiger partial charge in [0.2, 0.25) is 0 Å². The summed E-state index contributed by atoms with van der Waals surface area (Å²) in [5.74, 6) is 0. The predicted molar refractivity (Wildman–Crippen MR) is 70.9 cm³/mol. The van der Waals surface area contributed by atoms with Crippen LogP contribution >= 0.6 is 0 Å². The van der Waals surface area contributed by atoms with Crippen LogP contribution in [-0.2, 0) is 6.54 Å². The van der Waals surface area contributed by atoms with Crippen LogP contribution in [0.1, 0.15) is 31.2 Å². The summed E-state index contributed by atoms with van der Waals surface area (Å²) < 4.78 is 0. The molecular weight excluding hydrogens is 208 g/mol. The molecule has 3 rings (SSSR count). The highest BCUT2D eigenvalue weighted by Crippen LogP contribution is 2.31. The lowest BCUT2D eigenvalue weighted by Crippen LogP contribution is -2.38. The molecule has 1 aromatic rings. The normalized spacial score (nSPS) is 28.5. The third-order valence-corrected chi connectivity index (χ3v) is 4.28. The van der Waals surface area contributed by atoms with Gasteiger partial charge in [0.15, 0.2) is 0 Å². The van der Waals surface area contributed by atoms with Crippen molar-refractivity contribution in [2.45, 2.75) is 44.3 Å². The topological polar surface area (TPSA) is 15.3 Å². The van der Waals surface area contributed by atoms with Gasteiger partial charge in [-0.15, -0.1) is 0 Å². The van der Waals surface area contributed by atoms with Crippen molar-refractivity contribution in [2.75, 3.05) is 13.1 Å². The van der Waals surface area contributed by atoms with E-state index in [4.69, 9.17) is 0 Å². The standard InChI is InChI=1S/C15H22N2/c1-2-5-13(6-3-1)11-16-12-15-9-8-14-7-4-10-17(14)15/h1-3,5-6,14-16H,4,7-12H2/t14-,15+/m0/s1. The van der Waals surface area contributed by atoms with E-state index in [0.29, 0.717) is 0 Å². The number of hydrogen-bond donors (Lipinski definition) is 1. The molecule has 2 saturated heterocycles. The first-order valence-corrected chi connectivity index (χ1v) is 6.94. The summed E-state index contributed by atoms with van der Waals surface area (Å²) >= 11 is 0. The molecule has 0 bridgehead atoms. The summed E-state index contributed by atoms with van der Waals surface area (Å²) in [6.07, 6.45) is 5.68. The maximum Gasteiger partial charge on any atom is 0.0224 e. The van der Waals surface area contributed by atoms with Crippen LogP contribution in [0, 0.1) is 0 Å². The van der Waals surface area contributed by atoms with Crippen LogP contribution in [0.2, 0.25) is 0 Å². The fourth-order valence-electron chi connectivity index (χ4n) is 3.40. The molecule has 2 aliphatic heterocycles. The van der Waals surface area contributed by atoms with E-state index in [-0.39, 0.29) is 0 Å². The quantitative estimate of drug-likeness (QED) is 0.854. The van der Waals surface area contributed by atoms with Crippen molar-refractivity contribution >= 4 is 0 Å². The highest BCUT2D eigenvalue weighted by Gasteiger charge is 2.35. The number of hydrogen-bond acceptors (Lipinski definition) is 2. The van der Waals surface area contributed by atoms with Gasteiger partial charge < -0.3 is 5.32 Å².